The molecule has 2 aromatic carbocycles. The fraction of sp³-hybridized carbons (Fsp3) is 0.447. The Bertz CT molecular complexity index is 1550. The third kappa shape index (κ3) is 6.31. The highest BCUT2D eigenvalue weighted by Gasteiger charge is 2.44. The van der Waals surface area contributed by atoms with Crippen LogP contribution in [0.5, 0.6) is 0 Å². The molecule has 0 spiro atoms. The standard InChI is InChI=1S/C38H46Br2ClN2/c1-7-9-22-42-32-18-16-28(39)24-30(32)37(3,4)34(42)20-14-26-12-11-13-27(36(26)41)15-21-35-38(5,6)31-25-29(40)17-19-33(31)43(35)23-10-8-2/h14-21,24-25H,7-13,22-23H2,1-6H3/q+1. The van der Waals surface area contributed by atoms with Crippen molar-refractivity contribution in [2.75, 3.05) is 18.0 Å². The maximum atomic E-state index is 7.20. The van der Waals surface area contributed by atoms with Gasteiger partial charge in [-0.2, -0.15) is 4.58 Å². The van der Waals surface area contributed by atoms with E-state index in [0.29, 0.717) is 0 Å². The number of halogens is 3. The van der Waals surface area contributed by atoms with Crippen LogP contribution in [0, 0.1) is 0 Å². The highest BCUT2D eigenvalue weighted by atomic mass is 79.9. The predicted octanol–water partition coefficient (Wildman–Crippen LogP) is 12.0. The number of allylic oxidation sites excluding steroid dienone is 8. The Kier molecular flexibility index (Phi) is 10.0. The highest BCUT2D eigenvalue weighted by Crippen LogP contribution is 2.49. The Hall–Kier alpha value is -1.88. The number of hydrogen-bond donors (Lipinski definition) is 0. The van der Waals surface area contributed by atoms with Crippen molar-refractivity contribution in [3.05, 3.63) is 103 Å². The molecule has 5 heteroatoms. The van der Waals surface area contributed by atoms with E-state index in [1.54, 1.807) is 0 Å². The maximum Gasteiger partial charge on any atom is 0.209 e. The van der Waals surface area contributed by atoms with Gasteiger partial charge in [0.25, 0.3) is 0 Å². The molecule has 5 rings (SSSR count). The first-order valence-corrected chi connectivity index (χ1v) is 18.0. The second-order valence-corrected chi connectivity index (χ2v) is 15.4. The second-order valence-electron chi connectivity index (χ2n) is 13.2. The SMILES string of the molecule is CCCCN1C(=CC=C2CCCC(C=CC3=[N+](CCCC)c4ccc(Br)cc4C3(C)C)=C2Cl)C(C)(C)c2cc(Br)ccc21. The van der Waals surface area contributed by atoms with Crippen molar-refractivity contribution in [3.8, 4) is 0 Å². The molecule has 43 heavy (non-hydrogen) atoms. The lowest BCUT2D eigenvalue weighted by Gasteiger charge is -2.27. The summed E-state index contributed by atoms with van der Waals surface area (Å²) in [5.41, 5.74) is 10.5. The number of fused-ring (bicyclic) bond motifs is 2. The fourth-order valence-electron chi connectivity index (χ4n) is 6.98. The minimum absolute atomic E-state index is 0.0752. The maximum absolute atomic E-state index is 7.20. The summed E-state index contributed by atoms with van der Waals surface area (Å²) in [6.45, 7) is 16.0. The smallest absolute Gasteiger partial charge is 0.209 e. The molecule has 0 fully saturated rings. The molecule has 228 valence electrons. The van der Waals surface area contributed by atoms with Crippen molar-refractivity contribution in [3.63, 3.8) is 0 Å². The average Bonchev–Trinajstić information content (AvgIpc) is 3.31. The Morgan fingerprint density at radius 1 is 0.860 bits per heavy atom. The van der Waals surface area contributed by atoms with Crippen LogP contribution in [0.15, 0.2) is 91.5 Å². The lowest BCUT2D eigenvalue weighted by atomic mass is 9.81. The Labute approximate surface area is 281 Å². The van der Waals surface area contributed by atoms with E-state index in [2.05, 4.69) is 144 Å². The molecule has 3 aliphatic rings. The molecule has 0 atom stereocenters. The van der Waals surface area contributed by atoms with Crippen molar-refractivity contribution in [1.82, 2.24) is 0 Å². The molecule has 0 aromatic heterocycles. The number of anilines is 1. The highest BCUT2D eigenvalue weighted by molar-refractivity contribution is 9.10. The van der Waals surface area contributed by atoms with Gasteiger partial charge in [-0.1, -0.05) is 96.1 Å². The van der Waals surface area contributed by atoms with Crippen molar-refractivity contribution < 1.29 is 4.58 Å². The molecule has 2 aliphatic heterocycles. The molecule has 0 saturated heterocycles. The lowest BCUT2D eigenvalue weighted by molar-refractivity contribution is -0.438. The topological polar surface area (TPSA) is 6.25 Å². The zero-order valence-corrected chi connectivity index (χ0v) is 30.6. The van der Waals surface area contributed by atoms with Crippen LogP contribution >= 0.6 is 43.5 Å². The molecule has 0 saturated carbocycles. The first-order valence-electron chi connectivity index (χ1n) is 16.0. The van der Waals surface area contributed by atoms with E-state index in [-0.39, 0.29) is 10.8 Å². The van der Waals surface area contributed by atoms with Gasteiger partial charge < -0.3 is 4.90 Å². The molecule has 0 amide bonds. The molecule has 1 aliphatic carbocycles. The second kappa shape index (κ2) is 13.2. The summed E-state index contributed by atoms with van der Waals surface area (Å²) in [6.07, 6.45) is 17.1. The van der Waals surface area contributed by atoms with E-state index in [0.717, 1.165) is 46.3 Å². The number of unbranched alkanes of at least 4 members (excludes halogenated alkanes) is 2. The third-order valence-electron chi connectivity index (χ3n) is 9.52. The van der Waals surface area contributed by atoms with Crippen LogP contribution in [0.25, 0.3) is 0 Å². The van der Waals surface area contributed by atoms with Gasteiger partial charge in [-0.25, -0.2) is 0 Å². The van der Waals surface area contributed by atoms with Gasteiger partial charge in [0.15, 0.2) is 5.71 Å². The quantitative estimate of drug-likeness (QED) is 0.233. The van der Waals surface area contributed by atoms with Crippen LogP contribution in [0.1, 0.15) is 97.6 Å². The van der Waals surface area contributed by atoms with Gasteiger partial charge in [0.1, 0.15) is 6.54 Å². The Morgan fingerprint density at radius 2 is 1.56 bits per heavy atom. The molecular formula is C38H46Br2ClN2+. The van der Waals surface area contributed by atoms with E-state index >= 15 is 0 Å². The van der Waals surface area contributed by atoms with Crippen LogP contribution in [-0.4, -0.2) is 23.4 Å². The summed E-state index contributed by atoms with van der Waals surface area (Å²) in [7, 11) is 0. The van der Waals surface area contributed by atoms with E-state index in [9.17, 15) is 0 Å². The molecule has 0 unspecified atom stereocenters. The number of benzene rings is 2. The van der Waals surface area contributed by atoms with Crippen LogP contribution < -0.4 is 4.90 Å². The van der Waals surface area contributed by atoms with E-state index in [1.807, 2.05) is 0 Å². The zero-order valence-electron chi connectivity index (χ0n) is 26.7. The van der Waals surface area contributed by atoms with Crippen molar-refractivity contribution in [2.24, 2.45) is 0 Å². The van der Waals surface area contributed by atoms with Crippen LogP contribution in [0.2, 0.25) is 0 Å². The summed E-state index contributed by atoms with van der Waals surface area (Å²) in [4.78, 5) is 2.53. The number of nitrogens with zero attached hydrogens (tertiary/aromatic N) is 2. The third-order valence-corrected chi connectivity index (χ3v) is 11.0. The van der Waals surface area contributed by atoms with Crippen molar-refractivity contribution >= 4 is 60.5 Å². The predicted molar refractivity (Wildman–Crippen MR) is 193 cm³/mol. The molecule has 0 bridgehead atoms. The van der Waals surface area contributed by atoms with E-state index < -0.39 is 0 Å². The van der Waals surface area contributed by atoms with Gasteiger partial charge >= 0.3 is 0 Å². The van der Waals surface area contributed by atoms with Gasteiger partial charge in [-0.15, -0.1) is 0 Å². The monoisotopic (exact) mass is 723 g/mol. The first-order chi connectivity index (χ1) is 20.5. The van der Waals surface area contributed by atoms with Crippen molar-refractivity contribution in [2.45, 2.75) is 97.3 Å². The zero-order chi connectivity index (χ0) is 30.9. The minimum Gasteiger partial charge on any atom is -0.344 e. The molecule has 2 aromatic rings. The molecule has 0 N–H and O–H groups in total. The summed E-state index contributed by atoms with van der Waals surface area (Å²) in [5, 5.41) is 0.923. The summed E-state index contributed by atoms with van der Waals surface area (Å²) < 4.78 is 4.80. The fourth-order valence-corrected chi connectivity index (χ4v) is 8.01. The summed E-state index contributed by atoms with van der Waals surface area (Å²) in [6, 6.07) is 13.5. The van der Waals surface area contributed by atoms with Crippen molar-refractivity contribution in [1.29, 1.82) is 0 Å². The van der Waals surface area contributed by atoms with Crippen LogP contribution in [0.3, 0.4) is 0 Å². The lowest BCUT2D eigenvalue weighted by Crippen LogP contribution is -2.28. The average molecular weight is 726 g/mol. The Morgan fingerprint density at radius 3 is 2.28 bits per heavy atom. The molecule has 2 heterocycles. The normalized spacial score (nSPS) is 21.1. The van der Waals surface area contributed by atoms with E-state index in [4.69, 9.17) is 11.6 Å². The number of hydrogen-bond acceptors (Lipinski definition) is 1. The summed E-state index contributed by atoms with van der Waals surface area (Å²) in [5.74, 6) is 0. The first kappa shape index (κ1) is 32.5. The summed E-state index contributed by atoms with van der Waals surface area (Å²) >= 11 is 14.6. The molecular weight excluding hydrogens is 680 g/mol. The molecule has 0 radical (unpaired) electrons. The van der Waals surface area contributed by atoms with Gasteiger partial charge in [0.2, 0.25) is 5.69 Å². The minimum atomic E-state index is -0.0752. The van der Waals surface area contributed by atoms with Crippen LogP contribution in [0.4, 0.5) is 11.4 Å². The Balaban J connectivity index is 1.50. The molecule has 2 nitrogen and oxygen atoms in total. The van der Waals surface area contributed by atoms with Crippen LogP contribution in [-0.2, 0) is 10.8 Å². The van der Waals surface area contributed by atoms with E-state index in [1.165, 1.54) is 70.7 Å². The number of rotatable bonds is 9. The van der Waals surface area contributed by atoms with Gasteiger partial charge in [-0.3, -0.25) is 0 Å². The van der Waals surface area contributed by atoms with Gasteiger partial charge in [-0.05, 0) is 92.6 Å². The van der Waals surface area contributed by atoms with Gasteiger partial charge in [0.05, 0.1) is 5.41 Å². The van der Waals surface area contributed by atoms with Gasteiger partial charge in [0, 0.05) is 61.4 Å². The largest absolute Gasteiger partial charge is 0.344 e.